The van der Waals surface area contributed by atoms with Gasteiger partial charge >= 0.3 is 12.0 Å². The maximum absolute atomic E-state index is 14.0. The Labute approximate surface area is 238 Å². The number of fused-ring (bicyclic) bond motifs is 1. The van der Waals surface area contributed by atoms with Gasteiger partial charge in [0.1, 0.15) is 6.61 Å². The van der Waals surface area contributed by atoms with Crippen LogP contribution in [-0.2, 0) is 19.1 Å². The van der Waals surface area contributed by atoms with E-state index in [4.69, 9.17) is 4.74 Å². The first-order valence-electron chi connectivity index (χ1n) is 13.0. The molecule has 4 rings (SSSR count). The Morgan fingerprint density at radius 2 is 1.73 bits per heavy atom. The standard InChI is InChI=1S/C30H32N6O5/c1-19(37)41-18-30(2,3)25(38)17-36-24-14-6-5-12-22(24)26(23-13-7-8-15-32-23)34-27(28(36)39)35-29(40)33-21-11-9-10-20(16-21)31-4/h5-16,27,31H,17-18H2,1-4H3,(H2,33,35,40)/t27-/m0/s1. The largest absolute Gasteiger partial charge is 0.465 e. The molecule has 0 spiro atoms. The number of rotatable bonds is 9. The van der Waals surface area contributed by atoms with E-state index in [0.29, 0.717) is 28.3 Å². The van der Waals surface area contributed by atoms with Gasteiger partial charge in [0, 0.05) is 37.1 Å². The van der Waals surface area contributed by atoms with E-state index in [0.717, 1.165) is 5.69 Å². The number of carbonyl (C=O) groups excluding carboxylic acids is 4. The van der Waals surface area contributed by atoms with Crippen LogP contribution in [0.2, 0.25) is 0 Å². The first-order valence-corrected chi connectivity index (χ1v) is 13.0. The minimum Gasteiger partial charge on any atom is -0.465 e. The maximum atomic E-state index is 14.0. The molecule has 3 amide bonds. The number of para-hydroxylation sites is 1. The first kappa shape index (κ1) is 28.9. The number of ether oxygens (including phenoxy) is 1. The van der Waals surface area contributed by atoms with Crippen LogP contribution in [0.25, 0.3) is 0 Å². The van der Waals surface area contributed by atoms with Crippen LogP contribution in [0.15, 0.2) is 77.9 Å². The highest BCUT2D eigenvalue weighted by Crippen LogP contribution is 2.29. The Hall–Kier alpha value is -5.06. The highest BCUT2D eigenvalue weighted by Gasteiger charge is 2.37. The number of aromatic nitrogens is 1. The van der Waals surface area contributed by atoms with E-state index in [1.165, 1.54) is 11.8 Å². The molecular weight excluding hydrogens is 524 g/mol. The molecule has 3 N–H and O–H groups in total. The summed E-state index contributed by atoms with van der Waals surface area (Å²) in [5, 5.41) is 8.38. The summed E-state index contributed by atoms with van der Waals surface area (Å²) in [6, 6.07) is 18.8. The second-order valence-electron chi connectivity index (χ2n) is 10.1. The van der Waals surface area contributed by atoms with Crippen molar-refractivity contribution in [2.45, 2.75) is 26.9 Å². The Kier molecular flexibility index (Phi) is 8.76. The van der Waals surface area contributed by atoms with Crippen molar-refractivity contribution in [3.05, 3.63) is 84.2 Å². The lowest BCUT2D eigenvalue weighted by atomic mass is 9.88. The molecule has 3 aromatic rings. The van der Waals surface area contributed by atoms with Gasteiger partial charge in [-0.15, -0.1) is 0 Å². The van der Waals surface area contributed by atoms with Crippen LogP contribution in [0.3, 0.4) is 0 Å². The molecule has 0 radical (unpaired) electrons. The van der Waals surface area contributed by atoms with E-state index in [2.05, 4.69) is 25.9 Å². The molecule has 0 saturated heterocycles. The predicted octanol–water partition coefficient (Wildman–Crippen LogP) is 3.61. The molecule has 0 bridgehead atoms. The number of benzodiazepines with no additional fused rings is 1. The van der Waals surface area contributed by atoms with Crippen molar-refractivity contribution >= 4 is 46.5 Å². The number of nitrogens with zero attached hydrogens (tertiary/aromatic N) is 3. The van der Waals surface area contributed by atoms with Crippen LogP contribution in [0.5, 0.6) is 0 Å². The van der Waals surface area contributed by atoms with Gasteiger partial charge in [-0.25, -0.2) is 9.79 Å². The van der Waals surface area contributed by atoms with Crippen molar-refractivity contribution in [1.29, 1.82) is 0 Å². The lowest BCUT2D eigenvalue weighted by Crippen LogP contribution is -2.51. The number of amides is 3. The summed E-state index contributed by atoms with van der Waals surface area (Å²) in [5.41, 5.74) is 2.10. The third-order valence-corrected chi connectivity index (χ3v) is 6.49. The van der Waals surface area contributed by atoms with Gasteiger partial charge in [-0.3, -0.25) is 19.4 Å². The topological polar surface area (TPSA) is 142 Å². The third kappa shape index (κ3) is 6.93. The number of hydrogen-bond acceptors (Lipinski definition) is 8. The number of ketones is 1. The molecule has 1 aromatic heterocycles. The summed E-state index contributed by atoms with van der Waals surface area (Å²) >= 11 is 0. The summed E-state index contributed by atoms with van der Waals surface area (Å²) in [6.45, 7) is 4.08. The Morgan fingerprint density at radius 3 is 2.44 bits per heavy atom. The molecule has 0 saturated carbocycles. The number of aliphatic imine (C=N–C) groups is 1. The summed E-state index contributed by atoms with van der Waals surface area (Å²) < 4.78 is 5.10. The summed E-state index contributed by atoms with van der Waals surface area (Å²) in [4.78, 5) is 62.3. The number of nitrogens with one attached hydrogen (secondary N) is 3. The quantitative estimate of drug-likeness (QED) is 0.342. The molecule has 1 aliphatic rings. The predicted molar refractivity (Wildman–Crippen MR) is 156 cm³/mol. The van der Waals surface area contributed by atoms with Gasteiger partial charge in [0.05, 0.1) is 29.1 Å². The number of benzene rings is 2. The van der Waals surface area contributed by atoms with Crippen molar-refractivity contribution in [2.24, 2.45) is 10.4 Å². The fourth-order valence-corrected chi connectivity index (χ4v) is 4.16. The summed E-state index contributed by atoms with van der Waals surface area (Å²) in [6.07, 6.45) is 0.229. The SMILES string of the molecule is CNc1cccc(NC(=O)N[C@@H]2N=C(c3ccccn3)c3ccccc3N(CC(=O)C(C)(C)COC(C)=O)C2=O)c1. The molecule has 41 heavy (non-hydrogen) atoms. The lowest BCUT2D eigenvalue weighted by molar-refractivity contribution is -0.146. The molecule has 11 heteroatoms. The molecular formula is C30H32N6O5. The number of carbonyl (C=O) groups is 4. The smallest absolute Gasteiger partial charge is 0.321 e. The zero-order valence-corrected chi connectivity index (χ0v) is 23.3. The van der Waals surface area contributed by atoms with Gasteiger partial charge in [0.15, 0.2) is 5.78 Å². The molecule has 0 aliphatic carbocycles. The fraction of sp³-hybridized carbons (Fsp3) is 0.267. The van der Waals surface area contributed by atoms with Crippen LogP contribution >= 0.6 is 0 Å². The first-order chi connectivity index (χ1) is 19.6. The Balaban J connectivity index is 1.71. The van der Waals surface area contributed by atoms with Crippen LogP contribution in [0.1, 0.15) is 32.0 Å². The van der Waals surface area contributed by atoms with E-state index in [1.54, 1.807) is 87.8 Å². The Morgan fingerprint density at radius 1 is 1.00 bits per heavy atom. The van der Waals surface area contributed by atoms with E-state index < -0.39 is 29.5 Å². The number of anilines is 3. The average molecular weight is 557 g/mol. The normalized spacial score (nSPS) is 14.7. The third-order valence-electron chi connectivity index (χ3n) is 6.49. The zero-order chi connectivity index (χ0) is 29.6. The van der Waals surface area contributed by atoms with Gasteiger partial charge in [-0.1, -0.05) is 30.3 Å². The highest BCUT2D eigenvalue weighted by molar-refractivity contribution is 6.20. The van der Waals surface area contributed by atoms with Crippen LogP contribution in [-0.4, -0.2) is 60.8 Å². The van der Waals surface area contributed by atoms with Gasteiger partial charge < -0.3 is 25.6 Å². The van der Waals surface area contributed by atoms with Crippen molar-refractivity contribution in [3.63, 3.8) is 0 Å². The van der Waals surface area contributed by atoms with E-state index in [-0.39, 0.29) is 18.9 Å². The number of esters is 1. The van der Waals surface area contributed by atoms with Crippen molar-refractivity contribution in [1.82, 2.24) is 10.3 Å². The van der Waals surface area contributed by atoms with E-state index >= 15 is 0 Å². The average Bonchev–Trinajstić information content (AvgIpc) is 3.07. The molecule has 11 nitrogen and oxygen atoms in total. The minimum absolute atomic E-state index is 0.143. The van der Waals surface area contributed by atoms with Crippen molar-refractivity contribution in [3.8, 4) is 0 Å². The number of hydrogen-bond donors (Lipinski definition) is 3. The molecule has 0 fully saturated rings. The summed E-state index contributed by atoms with van der Waals surface area (Å²) in [5.74, 6) is -1.46. The van der Waals surface area contributed by atoms with Crippen molar-refractivity contribution < 1.29 is 23.9 Å². The number of pyridine rings is 1. The number of urea groups is 1. The molecule has 2 heterocycles. The molecule has 1 aliphatic heterocycles. The van der Waals surface area contributed by atoms with Crippen LogP contribution in [0.4, 0.5) is 21.9 Å². The summed E-state index contributed by atoms with van der Waals surface area (Å²) in [7, 11) is 1.76. The second kappa shape index (κ2) is 12.4. The monoisotopic (exact) mass is 556 g/mol. The Bertz CT molecular complexity index is 1490. The van der Waals surface area contributed by atoms with Gasteiger partial charge in [0.2, 0.25) is 6.17 Å². The number of Topliss-reactive ketones (excluding diaryl/α,β-unsaturated/α-hetero) is 1. The molecule has 1 atom stereocenters. The molecule has 0 unspecified atom stereocenters. The van der Waals surface area contributed by atoms with E-state index in [1.807, 2.05) is 6.07 Å². The maximum Gasteiger partial charge on any atom is 0.321 e. The van der Waals surface area contributed by atoms with Crippen LogP contribution in [0, 0.1) is 5.41 Å². The second-order valence-corrected chi connectivity index (χ2v) is 10.1. The molecule has 2 aromatic carbocycles. The highest BCUT2D eigenvalue weighted by atomic mass is 16.5. The van der Waals surface area contributed by atoms with Crippen molar-refractivity contribution in [2.75, 3.05) is 35.7 Å². The minimum atomic E-state index is -1.38. The fourth-order valence-electron chi connectivity index (χ4n) is 4.16. The van der Waals surface area contributed by atoms with Crippen LogP contribution < -0.4 is 20.9 Å². The zero-order valence-electron chi connectivity index (χ0n) is 23.3. The van der Waals surface area contributed by atoms with Gasteiger partial charge in [0.25, 0.3) is 5.91 Å². The van der Waals surface area contributed by atoms with Gasteiger partial charge in [-0.05, 0) is 50.2 Å². The lowest BCUT2D eigenvalue weighted by Gasteiger charge is -2.29. The van der Waals surface area contributed by atoms with Gasteiger partial charge in [-0.2, -0.15) is 0 Å². The van der Waals surface area contributed by atoms with E-state index in [9.17, 15) is 19.2 Å². The molecule has 212 valence electrons.